The largest absolute Gasteiger partial charge is 0.379 e. The maximum atomic E-state index is 11.0. The summed E-state index contributed by atoms with van der Waals surface area (Å²) in [5.74, 6) is 0.168. The molecule has 23 heavy (non-hydrogen) atoms. The van der Waals surface area contributed by atoms with Gasteiger partial charge in [0.2, 0.25) is 0 Å². The SMILES string of the molecule is C=CC(=O)CCCCOCCOCCOCCCCC(=O)C=C. The van der Waals surface area contributed by atoms with E-state index < -0.39 is 0 Å². The van der Waals surface area contributed by atoms with Crippen molar-refractivity contribution in [3.63, 3.8) is 0 Å². The van der Waals surface area contributed by atoms with Crippen LogP contribution in [0.1, 0.15) is 38.5 Å². The molecule has 0 bridgehead atoms. The minimum Gasteiger partial charge on any atom is -0.379 e. The van der Waals surface area contributed by atoms with Crippen LogP contribution in [-0.2, 0) is 23.8 Å². The summed E-state index contributed by atoms with van der Waals surface area (Å²) in [6.45, 7) is 10.4. The number of ketones is 2. The van der Waals surface area contributed by atoms with Crippen LogP contribution < -0.4 is 0 Å². The first kappa shape index (κ1) is 21.7. The molecule has 0 aliphatic rings. The molecule has 0 N–H and O–H groups in total. The predicted molar refractivity (Wildman–Crippen MR) is 90.6 cm³/mol. The molecule has 5 nitrogen and oxygen atoms in total. The molecule has 0 atom stereocenters. The van der Waals surface area contributed by atoms with Crippen molar-refractivity contribution in [3.8, 4) is 0 Å². The molecule has 132 valence electrons. The van der Waals surface area contributed by atoms with Gasteiger partial charge in [0.15, 0.2) is 11.6 Å². The first-order valence-electron chi connectivity index (χ1n) is 8.24. The van der Waals surface area contributed by atoms with Gasteiger partial charge in [0.25, 0.3) is 0 Å². The fourth-order valence-corrected chi connectivity index (χ4v) is 1.75. The standard InChI is InChI=1S/C18H30O5/c1-3-17(19)9-5-7-11-21-13-15-23-16-14-22-12-8-6-10-18(20)4-2/h3-4H,1-2,5-16H2. The van der Waals surface area contributed by atoms with Crippen LogP contribution in [-0.4, -0.2) is 51.2 Å². The summed E-state index contributed by atoms with van der Waals surface area (Å²) in [4.78, 5) is 21.9. The molecule has 0 heterocycles. The third kappa shape index (κ3) is 16.9. The molecule has 0 saturated carbocycles. The minimum atomic E-state index is 0.0839. The third-order valence-electron chi connectivity index (χ3n) is 3.12. The average Bonchev–Trinajstić information content (AvgIpc) is 2.57. The Morgan fingerprint density at radius 3 is 1.30 bits per heavy atom. The number of carbonyl (C=O) groups is 2. The second-order valence-corrected chi connectivity index (χ2v) is 5.09. The lowest BCUT2D eigenvalue weighted by molar-refractivity contribution is -0.115. The Kier molecular flexibility index (Phi) is 16.1. The Morgan fingerprint density at radius 1 is 0.609 bits per heavy atom. The van der Waals surface area contributed by atoms with E-state index in [4.69, 9.17) is 14.2 Å². The van der Waals surface area contributed by atoms with Crippen molar-refractivity contribution >= 4 is 11.6 Å². The molecule has 0 rings (SSSR count). The molecule has 0 aromatic rings. The van der Waals surface area contributed by atoms with Gasteiger partial charge in [-0.3, -0.25) is 9.59 Å². The second kappa shape index (κ2) is 17.1. The van der Waals surface area contributed by atoms with Gasteiger partial charge in [-0.15, -0.1) is 0 Å². The Hall–Kier alpha value is -1.30. The summed E-state index contributed by atoms with van der Waals surface area (Å²) in [6.07, 6.45) is 7.21. The molecule has 0 radical (unpaired) electrons. The van der Waals surface area contributed by atoms with Gasteiger partial charge in [-0.25, -0.2) is 0 Å². The minimum absolute atomic E-state index is 0.0839. The molecular weight excluding hydrogens is 296 g/mol. The molecule has 0 unspecified atom stereocenters. The van der Waals surface area contributed by atoms with Crippen LogP contribution in [0.25, 0.3) is 0 Å². The van der Waals surface area contributed by atoms with Gasteiger partial charge < -0.3 is 14.2 Å². The molecule has 0 spiro atoms. The van der Waals surface area contributed by atoms with Crippen LogP contribution >= 0.6 is 0 Å². The van der Waals surface area contributed by atoms with Gasteiger partial charge in [-0.1, -0.05) is 13.2 Å². The quantitative estimate of drug-likeness (QED) is 0.286. The summed E-state index contributed by atoms with van der Waals surface area (Å²) < 4.78 is 16.2. The van der Waals surface area contributed by atoms with Crippen molar-refractivity contribution in [2.45, 2.75) is 38.5 Å². The zero-order valence-corrected chi connectivity index (χ0v) is 14.1. The van der Waals surface area contributed by atoms with Gasteiger partial charge in [0.05, 0.1) is 26.4 Å². The second-order valence-electron chi connectivity index (χ2n) is 5.09. The number of unbranched alkanes of at least 4 members (excludes halogenated alkanes) is 2. The number of carbonyl (C=O) groups excluding carboxylic acids is 2. The van der Waals surface area contributed by atoms with Crippen LogP contribution in [0.4, 0.5) is 0 Å². The molecule has 0 fully saturated rings. The lowest BCUT2D eigenvalue weighted by Gasteiger charge is -2.06. The van der Waals surface area contributed by atoms with Crippen LogP contribution in [0.15, 0.2) is 25.3 Å². The van der Waals surface area contributed by atoms with Crippen LogP contribution in [0, 0.1) is 0 Å². The predicted octanol–water partition coefficient (Wildman–Crippen LogP) is 2.89. The van der Waals surface area contributed by atoms with Crippen molar-refractivity contribution in [1.29, 1.82) is 0 Å². The third-order valence-corrected chi connectivity index (χ3v) is 3.12. The number of rotatable bonds is 18. The summed E-state index contributed by atoms with van der Waals surface area (Å²) in [7, 11) is 0. The van der Waals surface area contributed by atoms with E-state index in [1.807, 2.05) is 0 Å². The first-order valence-corrected chi connectivity index (χ1v) is 8.24. The highest BCUT2D eigenvalue weighted by Gasteiger charge is 1.97. The Labute approximate surface area is 139 Å². The van der Waals surface area contributed by atoms with Gasteiger partial charge >= 0.3 is 0 Å². The molecule has 0 aliphatic carbocycles. The molecule has 0 aliphatic heterocycles. The Bertz CT molecular complexity index is 306. The summed E-state index contributed by atoms with van der Waals surface area (Å²) in [5.41, 5.74) is 0. The van der Waals surface area contributed by atoms with E-state index in [1.165, 1.54) is 12.2 Å². The van der Waals surface area contributed by atoms with Crippen molar-refractivity contribution < 1.29 is 23.8 Å². The lowest BCUT2D eigenvalue weighted by atomic mass is 10.2. The maximum absolute atomic E-state index is 11.0. The summed E-state index contributed by atoms with van der Waals surface area (Å²) >= 11 is 0. The number of hydrogen-bond donors (Lipinski definition) is 0. The fraction of sp³-hybridized carbons (Fsp3) is 0.667. The fourth-order valence-electron chi connectivity index (χ4n) is 1.75. The van der Waals surface area contributed by atoms with Crippen LogP contribution in [0.2, 0.25) is 0 Å². The average molecular weight is 326 g/mol. The van der Waals surface area contributed by atoms with E-state index in [-0.39, 0.29) is 11.6 Å². The van der Waals surface area contributed by atoms with E-state index in [0.29, 0.717) is 52.5 Å². The molecule has 0 saturated heterocycles. The number of hydrogen-bond acceptors (Lipinski definition) is 5. The molecule has 0 aromatic heterocycles. The van der Waals surface area contributed by atoms with E-state index in [9.17, 15) is 9.59 Å². The molecule has 0 aromatic carbocycles. The van der Waals surface area contributed by atoms with E-state index in [2.05, 4.69) is 13.2 Å². The Morgan fingerprint density at radius 2 is 0.957 bits per heavy atom. The van der Waals surface area contributed by atoms with Crippen LogP contribution in [0.3, 0.4) is 0 Å². The summed E-state index contributed by atoms with van der Waals surface area (Å²) in [6, 6.07) is 0. The lowest BCUT2D eigenvalue weighted by Crippen LogP contribution is -2.10. The summed E-state index contributed by atoms with van der Waals surface area (Å²) in [5, 5.41) is 0. The van der Waals surface area contributed by atoms with Gasteiger partial charge in [-0.05, 0) is 37.8 Å². The first-order chi connectivity index (χ1) is 11.2. The molecule has 0 amide bonds. The van der Waals surface area contributed by atoms with Gasteiger partial charge in [0, 0.05) is 26.1 Å². The van der Waals surface area contributed by atoms with Crippen molar-refractivity contribution in [2.24, 2.45) is 0 Å². The topological polar surface area (TPSA) is 61.8 Å². The normalized spacial score (nSPS) is 10.4. The monoisotopic (exact) mass is 326 g/mol. The number of allylic oxidation sites excluding steroid dienone is 2. The number of ether oxygens (including phenoxy) is 3. The molecular formula is C18H30O5. The van der Waals surface area contributed by atoms with Crippen molar-refractivity contribution in [3.05, 3.63) is 25.3 Å². The van der Waals surface area contributed by atoms with Gasteiger partial charge in [-0.2, -0.15) is 0 Å². The van der Waals surface area contributed by atoms with Gasteiger partial charge in [0.1, 0.15) is 0 Å². The Balaban J connectivity index is 3.08. The van der Waals surface area contributed by atoms with Crippen molar-refractivity contribution in [1.82, 2.24) is 0 Å². The highest BCUT2D eigenvalue weighted by molar-refractivity contribution is 5.89. The van der Waals surface area contributed by atoms with Crippen LogP contribution in [0.5, 0.6) is 0 Å². The highest BCUT2D eigenvalue weighted by atomic mass is 16.5. The smallest absolute Gasteiger partial charge is 0.155 e. The van der Waals surface area contributed by atoms with E-state index >= 15 is 0 Å². The van der Waals surface area contributed by atoms with Crippen molar-refractivity contribution in [2.75, 3.05) is 39.6 Å². The maximum Gasteiger partial charge on any atom is 0.155 e. The zero-order valence-electron chi connectivity index (χ0n) is 14.1. The molecule has 5 heteroatoms. The highest BCUT2D eigenvalue weighted by Crippen LogP contribution is 1.98. The van der Waals surface area contributed by atoms with E-state index in [0.717, 1.165) is 25.7 Å². The zero-order chi connectivity index (χ0) is 17.2. The van der Waals surface area contributed by atoms with E-state index in [1.54, 1.807) is 0 Å².